The fourth-order valence-electron chi connectivity index (χ4n) is 7.42. The minimum absolute atomic E-state index is 0.846. The molecule has 0 aliphatic heterocycles. The number of nitrogens with zero attached hydrogens (tertiary/aromatic N) is 1. The Labute approximate surface area is 282 Å². The summed E-state index contributed by atoms with van der Waals surface area (Å²) in [6.45, 7) is 0. The van der Waals surface area contributed by atoms with Crippen molar-refractivity contribution in [2.75, 3.05) is 4.90 Å². The van der Waals surface area contributed by atoms with Crippen molar-refractivity contribution < 1.29 is 8.83 Å². The lowest BCUT2D eigenvalue weighted by atomic mass is 9.94. The number of para-hydroxylation sites is 1. The number of furan rings is 2. The summed E-state index contributed by atoms with van der Waals surface area (Å²) in [5.41, 5.74) is 11.2. The van der Waals surface area contributed by atoms with Gasteiger partial charge in [0.15, 0.2) is 0 Å². The lowest BCUT2D eigenvalue weighted by Gasteiger charge is -2.26. The summed E-state index contributed by atoms with van der Waals surface area (Å²) in [5, 5.41) is 6.76. The molecule has 0 spiro atoms. The Morgan fingerprint density at radius 1 is 0.327 bits per heavy atom. The van der Waals surface area contributed by atoms with E-state index in [1.807, 2.05) is 12.1 Å². The number of rotatable bonds is 5. The van der Waals surface area contributed by atoms with Crippen LogP contribution in [0.25, 0.3) is 76.9 Å². The van der Waals surface area contributed by atoms with Gasteiger partial charge in [-0.05, 0) is 81.6 Å². The van der Waals surface area contributed by atoms with E-state index in [0.717, 1.165) is 71.9 Å². The van der Waals surface area contributed by atoms with Crippen LogP contribution in [0.3, 0.4) is 0 Å². The second kappa shape index (κ2) is 11.0. The van der Waals surface area contributed by atoms with E-state index in [-0.39, 0.29) is 0 Å². The van der Waals surface area contributed by atoms with Crippen LogP contribution in [0.4, 0.5) is 17.1 Å². The minimum Gasteiger partial charge on any atom is -0.456 e. The summed E-state index contributed by atoms with van der Waals surface area (Å²) in [6, 6.07) is 61.9. The van der Waals surface area contributed by atoms with Crippen LogP contribution in [-0.4, -0.2) is 0 Å². The van der Waals surface area contributed by atoms with Crippen molar-refractivity contribution in [1.29, 1.82) is 0 Å². The van der Waals surface area contributed by atoms with Gasteiger partial charge in [0.05, 0.1) is 11.1 Å². The van der Waals surface area contributed by atoms with Crippen LogP contribution in [0.1, 0.15) is 0 Å². The van der Waals surface area contributed by atoms with Crippen molar-refractivity contribution in [1.82, 2.24) is 0 Å². The molecule has 0 aliphatic rings. The number of hydrogen-bond acceptors (Lipinski definition) is 3. The van der Waals surface area contributed by atoms with Crippen molar-refractivity contribution in [3.63, 3.8) is 0 Å². The quantitative estimate of drug-likeness (QED) is 0.190. The van der Waals surface area contributed by atoms with Crippen molar-refractivity contribution in [2.24, 2.45) is 0 Å². The SMILES string of the molecule is c1ccc(-c2ccc(N(c3ccc4c(c3)oc3ccccc34)c3cccc4oc5cc(-c6ccccc6)c6ccccc6c5c34)cc2)cc1. The molecule has 0 N–H and O–H groups in total. The van der Waals surface area contributed by atoms with Gasteiger partial charge in [-0.2, -0.15) is 0 Å². The van der Waals surface area contributed by atoms with Crippen LogP contribution in [0, 0.1) is 0 Å². The molecule has 3 nitrogen and oxygen atoms in total. The molecule has 0 aliphatic carbocycles. The molecule has 10 rings (SSSR count). The Bertz CT molecular complexity index is 2810. The van der Waals surface area contributed by atoms with Gasteiger partial charge < -0.3 is 13.7 Å². The molecule has 2 heterocycles. The number of hydrogen-bond donors (Lipinski definition) is 0. The largest absolute Gasteiger partial charge is 0.456 e. The van der Waals surface area contributed by atoms with Crippen molar-refractivity contribution in [2.45, 2.75) is 0 Å². The molecule has 10 aromatic rings. The molecule has 0 bridgehead atoms. The normalized spacial score (nSPS) is 11.7. The average molecular weight is 628 g/mol. The maximum atomic E-state index is 6.73. The van der Waals surface area contributed by atoms with Gasteiger partial charge in [0, 0.05) is 33.6 Å². The van der Waals surface area contributed by atoms with E-state index in [1.165, 1.54) is 22.1 Å². The molecule has 230 valence electrons. The average Bonchev–Trinajstić information content (AvgIpc) is 3.74. The first kappa shape index (κ1) is 27.5. The molecular formula is C46H29NO2. The Morgan fingerprint density at radius 3 is 1.71 bits per heavy atom. The lowest BCUT2D eigenvalue weighted by Crippen LogP contribution is -2.10. The Morgan fingerprint density at radius 2 is 0.918 bits per heavy atom. The number of fused-ring (bicyclic) bond motifs is 8. The molecule has 0 saturated heterocycles. The van der Waals surface area contributed by atoms with E-state index in [1.54, 1.807) is 0 Å². The summed E-state index contributed by atoms with van der Waals surface area (Å²) < 4.78 is 13.1. The summed E-state index contributed by atoms with van der Waals surface area (Å²) in [7, 11) is 0. The van der Waals surface area contributed by atoms with Gasteiger partial charge in [0.25, 0.3) is 0 Å². The summed E-state index contributed by atoms with van der Waals surface area (Å²) >= 11 is 0. The van der Waals surface area contributed by atoms with Crippen LogP contribution in [0.2, 0.25) is 0 Å². The van der Waals surface area contributed by atoms with Gasteiger partial charge in [-0.1, -0.05) is 121 Å². The Hall–Kier alpha value is -6.58. The number of benzene rings is 8. The zero-order chi connectivity index (χ0) is 32.3. The minimum atomic E-state index is 0.846. The van der Waals surface area contributed by atoms with Crippen molar-refractivity contribution >= 4 is 71.7 Å². The second-order valence-electron chi connectivity index (χ2n) is 12.5. The highest BCUT2D eigenvalue weighted by Crippen LogP contribution is 2.47. The van der Waals surface area contributed by atoms with Crippen LogP contribution < -0.4 is 4.90 Å². The zero-order valence-electron chi connectivity index (χ0n) is 26.5. The number of anilines is 3. The monoisotopic (exact) mass is 627 g/mol. The van der Waals surface area contributed by atoms with Gasteiger partial charge in [0.1, 0.15) is 22.3 Å². The first-order chi connectivity index (χ1) is 24.3. The molecular weight excluding hydrogens is 599 g/mol. The Balaban J connectivity index is 1.24. The van der Waals surface area contributed by atoms with E-state index < -0.39 is 0 Å². The third-order valence-corrected chi connectivity index (χ3v) is 9.66. The predicted octanol–water partition coefficient (Wildman–Crippen LogP) is 13.4. The highest BCUT2D eigenvalue weighted by Gasteiger charge is 2.23. The molecule has 0 fully saturated rings. The first-order valence-electron chi connectivity index (χ1n) is 16.6. The molecule has 2 aromatic heterocycles. The molecule has 0 atom stereocenters. The van der Waals surface area contributed by atoms with Gasteiger partial charge in [-0.3, -0.25) is 0 Å². The van der Waals surface area contributed by atoms with Crippen LogP contribution in [0.15, 0.2) is 185 Å². The predicted molar refractivity (Wildman–Crippen MR) is 204 cm³/mol. The summed E-state index contributed by atoms with van der Waals surface area (Å²) in [6.07, 6.45) is 0. The second-order valence-corrected chi connectivity index (χ2v) is 12.5. The molecule has 0 radical (unpaired) electrons. The third kappa shape index (κ3) is 4.44. The van der Waals surface area contributed by atoms with Crippen LogP contribution in [-0.2, 0) is 0 Å². The molecule has 49 heavy (non-hydrogen) atoms. The van der Waals surface area contributed by atoms with Crippen LogP contribution >= 0.6 is 0 Å². The van der Waals surface area contributed by atoms with Gasteiger partial charge >= 0.3 is 0 Å². The smallest absolute Gasteiger partial charge is 0.137 e. The third-order valence-electron chi connectivity index (χ3n) is 9.66. The molecule has 0 amide bonds. The highest BCUT2D eigenvalue weighted by atomic mass is 16.3. The van der Waals surface area contributed by atoms with E-state index in [0.29, 0.717) is 0 Å². The van der Waals surface area contributed by atoms with Crippen molar-refractivity contribution in [3.8, 4) is 22.3 Å². The van der Waals surface area contributed by atoms with Gasteiger partial charge in [-0.25, -0.2) is 0 Å². The molecule has 0 unspecified atom stereocenters. The maximum absolute atomic E-state index is 6.73. The van der Waals surface area contributed by atoms with E-state index in [9.17, 15) is 0 Å². The lowest BCUT2D eigenvalue weighted by molar-refractivity contribution is 0.669. The summed E-state index contributed by atoms with van der Waals surface area (Å²) in [4.78, 5) is 2.33. The van der Waals surface area contributed by atoms with E-state index in [2.05, 4.69) is 169 Å². The molecule has 8 aromatic carbocycles. The summed E-state index contributed by atoms with van der Waals surface area (Å²) in [5.74, 6) is 0. The Kier molecular flexibility index (Phi) is 6.18. The fourth-order valence-corrected chi connectivity index (χ4v) is 7.42. The fraction of sp³-hybridized carbons (Fsp3) is 0. The van der Waals surface area contributed by atoms with E-state index in [4.69, 9.17) is 8.83 Å². The highest BCUT2D eigenvalue weighted by molar-refractivity contribution is 6.25. The molecule has 3 heteroatoms. The van der Waals surface area contributed by atoms with Gasteiger partial charge in [0.2, 0.25) is 0 Å². The van der Waals surface area contributed by atoms with Crippen molar-refractivity contribution in [3.05, 3.63) is 176 Å². The first-order valence-corrected chi connectivity index (χ1v) is 16.6. The maximum Gasteiger partial charge on any atom is 0.137 e. The topological polar surface area (TPSA) is 29.5 Å². The van der Waals surface area contributed by atoms with Gasteiger partial charge in [-0.15, -0.1) is 0 Å². The zero-order valence-corrected chi connectivity index (χ0v) is 26.5. The van der Waals surface area contributed by atoms with Crippen LogP contribution in [0.5, 0.6) is 0 Å². The molecule has 0 saturated carbocycles. The standard InChI is InChI=1S/C46H29NO2/c1-3-12-30(13-4-1)31-22-24-33(25-23-31)47(34-26-27-37-36-17-9-10-20-41(36)48-43(37)28-34)40-19-11-21-42-46(40)45-38-18-8-7-16-35(38)39(29-44(45)49-42)32-14-5-2-6-15-32/h1-29H. The van der Waals surface area contributed by atoms with E-state index >= 15 is 0 Å².